The molecule has 0 atom stereocenters. The van der Waals surface area contributed by atoms with E-state index in [4.69, 9.17) is 15.2 Å². The van der Waals surface area contributed by atoms with E-state index in [2.05, 4.69) is 5.32 Å². The fraction of sp³-hybridized carbons (Fsp3) is 0.235. The fourth-order valence-corrected chi connectivity index (χ4v) is 2.00. The first kappa shape index (κ1) is 16.0. The SMILES string of the molecule is COc1cccc(COCC(=O)Nc2cccc(CN)c2)c1. The van der Waals surface area contributed by atoms with Crippen molar-refractivity contribution in [2.24, 2.45) is 5.73 Å². The van der Waals surface area contributed by atoms with Gasteiger partial charge in [0.2, 0.25) is 5.91 Å². The molecule has 3 N–H and O–H groups in total. The summed E-state index contributed by atoms with van der Waals surface area (Å²) in [6.45, 7) is 0.785. The lowest BCUT2D eigenvalue weighted by Crippen LogP contribution is -2.18. The Morgan fingerprint density at radius 2 is 1.91 bits per heavy atom. The van der Waals surface area contributed by atoms with E-state index < -0.39 is 0 Å². The molecule has 0 bridgehead atoms. The van der Waals surface area contributed by atoms with Gasteiger partial charge in [0.05, 0.1) is 13.7 Å². The van der Waals surface area contributed by atoms with Crippen LogP contribution in [-0.2, 0) is 22.7 Å². The van der Waals surface area contributed by atoms with Gasteiger partial charge in [-0.3, -0.25) is 4.79 Å². The first-order valence-electron chi connectivity index (χ1n) is 7.01. The number of benzene rings is 2. The molecule has 0 radical (unpaired) electrons. The monoisotopic (exact) mass is 300 g/mol. The second kappa shape index (κ2) is 8.17. The van der Waals surface area contributed by atoms with Crippen LogP contribution < -0.4 is 15.8 Å². The Labute approximate surface area is 130 Å². The number of carbonyl (C=O) groups is 1. The van der Waals surface area contributed by atoms with Gasteiger partial charge in [0.25, 0.3) is 0 Å². The van der Waals surface area contributed by atoms with Gasteiger partial charge in [-0.1, -0.05) is 24.3 Å². The third kappa shape index (κ3) is 4.87. The number of hydrogen-bond donors (Lipinski definition) is 2. The van der Waals surface area contributed by atoms with Crippen LogP contribution in [0.5, 0.6) is 5.75 Å². The lowest BCUT2D eigenvalue weighted by molar-refractivity contribution is -0.121. The largest absolute Gasteiger partial charge is 0.497 e. The van der Waals surface area contributed by atoms with Crippen molar-refractivity contribution in [2.75, 3.05) is 19.0 Å². The zero-order chi connectivity index (χ0) is 15.8. The summed E-state index contributed by atoms with van der Waals surface area (Å²) in [7, 11) is 1.61. The van der Waals surface area contributed by atoms with E-state index in [-0.39, 0.29) is 12.5 Å². The summed E-state index contributed by atoms with van der Waals surface area (Å²) in [5.74, 6) is 0.571. The van der Waals surface area contributed by atoms with Crippen molar-refractivity contribution in [2.45, 2.75) is 13.2 Å². The molecule has 2 rings (SSSR count). The normalized spacial score (nSPS) is 10.3. The minimum Gasteiger partial charge on any atom is -0.497 e. The molecule has 0 unspecified atom stereocenters. The molecular formula is C17H20N2O3. The number of hydrogen-bond acceptors (Lipinski definition) is 4. The van der Waals surface area contributed by atoms with Crippen molar-refractivity contribution < 1.29 is 14.3 Å². The van der Waals surface area contributed by atoms with E-state index in [0.717, 1.165) is 22.6 Å². The molecule has 0 aliphatic carbocycles. The average Bonchev–Trinajstić information content (AvgIpc) is 2.55. The van der Waals surface area contributed by atoms with Crippen molar-refractivity contribution in [3.63, 3.8) is 0 Å². The molecule has 116 valence electrons. The summed E-state index contributed by atoms with van der Waals surface area (Å²) < 4.78 is 10.6. The van der Waals surface area contributed by atoms with Crippen LogP contribution in [0, 0.1) is 0 Å². The molecule has 2 aromatic carbocycles. The van der Waals surface area contributed by atoms with Crippen LogP contribution in [0.25, 0.3) is 0 Å². The van der Waals surface area contributed by atoms with E-state index in [9.17, 15) is 4.79 Å². The van der Waals surface area contributed by atoms with Gasteiger partial charge in [0.15, 0.2) is 0 Å². The number of nitrogens with one attached hydrogen (secondary N) is 1. The number of rotatable bonds is 7. The number of nitrogens with two attached hydrogens (primary N) is 1. The summed E-state index contributed by atoms with van der Waals surface area (Å²) in [4.78, 5) is 11.8. The molecular weight excluding hydrogens is 280 g/mol. The summed E-state index contributed by atoms with van der Waals surface area (Å²) in [5, 5.41) is 2.78. The molecule has 0 aliphatic heterocycles. The molecule has 1 amide bonds. The highest BCUT2D eigenvalue weighted by atomic mass is 16.5. The molecule has 0 heterocycles. The molecule has 0 aliphatic rings. The molecule has 5 nitrogen and oxygen atoms in total. The minimum atomic E-state index is -0.197. The molecule has 5 heteroatoms. The summed E-state index contributed by atoms with van der Waals surface area (Å²) in [5.41, 5.74) is 8.21. The second-order valence-corrected chi connectivity index (χ2v) is 4.80. The van der Waals surface area contributed by atoms with Gasteiger partial charge < -0.3 is 20.5 Å². The number of methoxy groups -OCH3 is 1. The van der Waals surface area contributed by atoms with E-state index in [0.29, 0.717) is 13.2 Å². The Bertz CT molecular complexity index is 629. The van der Waals surface area contributed by atoms with E-state index in [1.807, 2.05) is 48.5 Å². The number of carbonyl (C=O) groups excluding carboxylic acids is 1. The Balaban J connectivity index is 1.79. The molecule has 0 spiro atoms. The van der Waals surface area contributed by atoms with E-state index in [1.54, 1.807) is 7.11 Å². The number of anilines is 1. The maximum atomic E-state index is 11.8. The van der Waals surface area contributed by atoms with Gasteiger partial charge in [-0.25, -0.2) is 0 Å². The van der Waals surface area contributed by atoms with Gasteiger partial charge in [-0.2, -0.15) is 0 Å². The Hall–Kier alpha value is -2.37. The summed E-state index contributed by atoms with van der Waals surface area (Å²) in [6, 6.07) is 15.0. The highest BCUT2D eigenvalue weighted by molar-refractivity contribution is 5.91. The van der Waals surface area contributed by atoms with Crippen LogP contribution >= 0.6 is 0 Å². The second-order valence-electron chi connectivity index (χ2n) is 4.80. The van der Waals surface area contributed by atoms with Crippen LogP contribution in [0.3, 0.4) is 0 Å². The lowest BCUT2D eigenvalue weighted by Gasteiger charge is -2.08. The van der Waals surface area contributed by atoms with Crippen LogP contribution in [0.1, 0.15) is 11.1 Å². The number of ether oxygens (including phenoxy) is 2. The Kier molecular flexibility index (Phi) is 5.94. The van der Waals surface area contributed by atoms with Crippen LogP contribution in [0.4, 0.5) is 5.69 Å². The van der Waals surface area contributed by atoms with Crippen molar-refractivity contribution >= 4 is 11.6 Å². The number of amides is 1. The molecule has 0 fully saturated rings. The molecule has 22 heavy (non-hydrogen) atoms. The van der Waals surface area contributed by atoms with Crippen LogP contribution in [0.15, 0.2) is 48.5 Å². The predicted molar refractivity (Wildman–Crippen MR) is 85.6 cm³/mol. The first-order chi connectivity index (χ1) is 10.7. The molecule has 0 aromatic heterocycles. The maximum absolute atomic E-state index is 11.8. The van der Waals surface area contributed by atoms with Crippen LogP contribution in [-0.4, -0.2) is 19.6 Å². The minimum absolute atomic E-state index is 0.00986. The molecule has 2 aromatic rings. The quantitative estimate of drug-likeness (QED) is 0.823. The van der Waals surface area contributed by atoms with Gasteiger partial charge in [0, 0.05) is 12.2 Å². The highest BCUT2D eigenvalue weighted by Gasteiger charge is 2.04. The third-order valence-corrected chi connectivity index (χ3v) is 3.08. The van der Waals surface area contributed by atoms with Gasteiger partial charge in [0.1, 0.15) is 12.4 Å². The van der Waals surface area contributed by atoms with E-state index >= 15 is 0 Å². The van der Waals surface area contributed by atoms with Crippen molar-refractivity contribution in [3.05, 3.63) is 59.7 Å². The van der Waals surface area contributed by atoms with Crippen molar-refractivity contribution in [1.82, 2.24) is 0 Å². The van der Waals surface area contributed by atoms with Gasteiger partial charge in [-0.15, -0.1) is 0 Å². The molecule has 0 saturated heterocycles. The van der Waals surface area contributed by atoms with Crippen molar-refractivity contribution in [3.8, 4) is 5.75 Å². The first-order valence-corrected chi connectivity index (χ1v) is 7.01. The smallest absolute Gasteiger partial charge is 0.250 e. The zero-order valence-electron chi connectivity index (χ0n) is 12.5. The van der Waals surface area contributed by atoms with Gasteiger partial charge >= 0.3 is 0 Å². The average molecular weight is 300 g/mol. The Morgan fingerprint density at radius 1 is 1.14 bits per heavy atom. The van der Waals surface area contributed by atoms with Crippen LogP contribution in [0.2, 0.25) is 0 Å². The lowest BCUT2D eigenvalue weighted by atomic mass is 10.2. The van der Waals surface area contributed by atoms with Crippen molar-refractivity contribution in [1.29, 1.82) is 0 Å². The predicted octanol–water partition coefficient (Wildman–Crippen LogP) is 2.31. The maximum Gasteiger partial charge on any atom is 0.250 e. The zero-order valence-corrected chi connectivity index (χ0v) is 12.5. The topological polar surface area (TPSA) is 73.6 Å². The summed E-state index contributed by atoms with van der Waals surface area (Å²) in [6.07, 6.45) is 0. The fourth-order valence-electron chi connectivity index (χ4n) is 2.00. The van der Waals surface area contributed by atoms with E-state index in [1.165, 1.54) is 0 Å². The standard InChI is InChI=1S/C17H20N2O3/c1-21-16-7-3-5-14(9-16)11-22-12-17(20)19-15-6-2-4-13(8-15)10-18/h2-9H,10-12,18H2,1H3,(H,19,20). The van der Waals surface area contributed by atoms with Gasteiger partial charge in [-0.05, 0) is 35.4 Å². The molecule has 0 saturated carbocycles. The summed E-state index contributed by atoms with van der Waals surface area (Å²) >= 11 is 0. The Morgan fingerprint density at radius 3 is 2.68 bits per heavy atom. The highest BCUT2D eigenvalue weighted by Crippen LogP contribution is 2.13. The third-order valence-electron chi connectivity index (χ3n) is 3.08.